The van der Waals surface area contributed by atoms with Gasteiger partial charge in [-0.05, 0) is 48.7 Å². The first-order valence-corrected chi connectivity index (χ1v) is 12.2. The van der Waals surface area contributed by atoms with Crippen molar-refractivity contribution in [3.05, 3.63) is 77.4 Å². The molecule has 1 aliphatic rings. The van der Waals surface area contributed by atoms with E-state index in [0.29, 0.717) is 17.3 Å². The molecule has 3 aromatic heterocycles. The van der Waals surface area contributed by atoms with Crippen molar-refractivity contribution in [2.24, 2.45) is 7.05 Å². The van der Waals surface area contributed by atoms with Crippen molar-refractivity contribution in [1.82, 2.24) is 29.6 Å². The molecule has 1 fully saturated rings. The maximum atomic E-state index is 12.9. The van der Waals surface area contributed by atoms with Crippen LogP contribution in [0.2, 0.25) is 0 Å². The van der Waals surface area contributed by atoms with Gasteiger partial charge >= 0.3 is 0 Å². The predicted octanol–water partition coefficient (Wildman–Crippen LogP) is 3.72. The van der Waals surface area contributed by atoms with Gasteiger partial charge in [0.1, 0.15) is 5.82 Å². The first-order chi connectivity index (χ1) is 17.9. The maximum Gasteiger partial charge on any atom is 0.257 e. The van der Waals surface area contributed by atoms with E-state index in [4.69, 9.17) is 4.74 Å². The first kappa shape index (κ1) is 24.5. The quantitative estimate of drug-likeness (QED) is 0.397. The number of benzene rings is 1. The summed E-state index contributed by atoms with van der Waals surface area (Å²) in [5.74, 6) is 0.749. The average molecular weight is 499 g/mol. The van der Waals surface area contributed by atoms with E-state index in [1.807, 2.05) is 39.2 Å². The number of anilines is 3. The van der Waals surface area contributed by atoms with E-state index in [-0.39, 0.29) is 5.91 Å². The van der Waals surface area contributed by atoms with Gasteiger partial charge in [-0.25, -0.2) is 15.0 Å². The van der Waals surface area contributed by atoms with Gasteiger partial charge in [0.25, 0.3) is 5.91 Å². The van der Waals surface area contributed by atoms with Crippen molar-refractivity contribution in [3.63, 3.8) is 0 Å². The Labute approximate surface area is 215 Å². The van der Waals surface area contributed by atoms with Crippen molar-refractivity contribution in [2.45, 2.75) is 20.4 Å². The Hall–Kier alpha value is -4.15. The van der Waals surface area contributed by atoms with E-state index in [0.717, 1.165) is 66.5 Å². The molecule has 0 spiro atoms. The summed E-state index contributed by atoms with van der Waals surface area (Å²) in [6.07, 6.45) is 6.98. The number of hydrogen-bond acceptors (Lipinski definition) is 8. The largest absolute Gasteiger partial charge is 0.379 e. The zero-order chi connectivity index (χ0) is 25.8. The summed E-state index contributed by atoms with van der Waals surface area (Å²) >= 11 is 0. The zero-order valence-corrected chi connectivity index (χ0v) is 21.2. The number of carbonyl (C=O) groups excluding carboxylic acids is 1. The second-order valence-electron chi connectivity index (χ2n) is 9.18. The van der Waals surface area contributed by atoms with Gasteiger partial charge in [0, 0.05) is 56.5 Å². The number of aryl methyl sites for hydroxylation is 3. The zero-order valence-electron chi connectivity index (χ0n) is 21.2. The smallest absolute Gasteiger partial charge is 0.257 e. The summed E-state index contributed by atoms with van der Waals surface area (Å²) in [6, 6.07) is 9.66. The van der Waals surface area contributed by atoms with Crippen molar-refractivity contribution < 1.29 is 9.53 Å². The third-order valence-corrected chi connectivity index (χ3v) is 6.28. The SMILES string of the molecule is Cc1ccc(CN2CCOCC2)cc1NC(=O)c1ccc(Nc2ncc(C)c(-c3cnn(C)c3)n2)nc1. The van der Waals surface area contributed by atoms with Crippen LogP contribution in [0.3, 0.4) is 0 Å². The molecule has 0 unspecified atom stereocenters. The topological polar surface area (TPSA) is 110 Å². The van der Waals surface area contributed by atoms with Crippen LogP contribution < -0.4 is 10.6 Å². The highest BCUT2D eigenvalue weighted by molar-refractivity contribution is 6.04. The fourth-order valence-corrected chi connectivity index (χ4v) is 4.17. The molecule has 0 bridgehead atoms. The molecule has 10 nitrogen and oxygen atoms in total. The minimum Gasteiger partial charge on any atom is -0.379 e. The number of nitrogens with zero attached hydrogens (tertiary/aromatic N) is 6. The number of amides is 1. The average Bonchev–Trinajstić information content (AvgIpc) is 3.34. The molecule has 1 aromatic carbocycles. The summed E-state index contributed by atoms with van der Waals surface area (Å²) < 4.78 is 7.17. The number of hydrogen-bond donors (Lipinski definition) is 2. The van der Waals surface area contributed by atoms with Gasteiger partial charge in [-0.1, -0.05) is 12.1 Å². The molecule has 10 heteroatoms. The molecule has 0 saturated carbocycles. The molecule has 2 N–H and O–H groups in total. The third kappa shape index (κ3) is 5.99. The molecule has 0 radical (unpaired) electrons. The molecular weight excluding hydrogens is 468 g/mol. The van der Waals surface area contributed by atoms with Gasteiger partial charge in [0.05, 0.1) is 30.7 Å². The fourth-order valence-electron chi connectivity index (χ4n) is 4.17. The van der Waals surface area contributed by atoms with Gasteiger partial charge in [0.2, 0.25) is 5.95 Å². The van der Waals surface area contributed by atoms with E-state index in [2.05, 4.69) is 41.7 Å². The van der Waals surface area contributed by atoms with E-state index in [1.54, 1.807) is 35.4 Å². The van der Waals surface area contributed by atoms with Gasteiger partial charge < -0.3 is 15.4 Å². The fraction of sp³-hybridized carbons (Fsp3) is 0.296. The van der Waals surface area contributed by atoms with Crippen LogP contribution in [0.4, 0.5) is 17.5 Å². The van der Waals surface area contributed by atoms with Crippen LogP contribution in [0.15, 0.2) is 55.1 Å². The van der Waals surface area contributed by atoms with Crippen LogP contribution >= 0.6 is 0 Å². The summed E-state index contributed by atoms with van der Waals surface area (Å²) in [6.45, 7) is 8.13. The lowest BCUT2D eigenvalue weighted by atomic mass is 10.1. The standard InChI is InChI=1S/C27H30N8O2/c1-18-4-5-20(16-35-8-10-37-11-9-35)12-23(18)31-26(36)21-6-7-24(28-14-21)32-27-29-13-19(2)25(33-27)22-15-30-34(3)17-22/h4-7,12-15,17H,8-11,16H2,1-3H3,(H,31,36)(H,28,29,32,33). The molecule has 0 atom stereocenters. The minimum atomic E-state index is -0.212. The third-order valence-electron chi connectivity index (χ3n) is 6.28. The molecule has 1 aliphatic heterocycles. The summed E-state index contributed by atoms with van der Waals surface area (Å²) in [5.41, 5.74) is 6.08. The highest BCUT2D eigenvalue weighted by Gasteiger charge is 2.14. The molecule has 37 heavy (non-hydrogen) atoms. The van der Waals surface area contributed by atoms with Crippen molar-refractivity contribution >= 4 is 23.4 Å². The van der Waals surface area contributed by atoms with E-state index in [9.17, 15) is 4.79 Å². The van der Waals surface area contributed by atoms with E-state index < -0.39 is 0 Å². The maximum absolute atomic E-state index is 12.9. The highest BCUT2D eigenvalue weighted by Crippen LogP contribution is 2.23. The lowest BCUT2D eigenvalue weighted by Crippen LogP contribution is -2.35. The van der Waals surface area contributed by atoms with Crippen LogP contribution in [0.5, 0.6) is 0 Å². The Bertz CT molecular complexity index is 1390. The lowest BCUT2D eigenvalue weighted by molar-refractivity contribution is 0.0342. The lowest BCUT2D eigenvalue weighted by Gasteiger charge is -2.26. The molecule has 4 aromatic rings. The Morgan fingerprint density at radius 2 is 1.86 bits per heavy atom. The predicted molar refractivity (Wildman–Crippen MR) is 142 cm³/mol. The molecule has 5 rings (SSSR count). The first-order valence-electron chi connectivity index (χ1n) is 12.2. The van der Waals surface area contributed by atoms with Gasteiger partial charge in [0.15, 0.2) is 0 Å². The van der Waals surface area contributed by atoms with Crippen LogP contribution in [-0.2, 0) is 18.3 Å². The highest BCUT2D eigenvalue weighted by atomic mass is 16.5. The van der Waals surface area contributed by atoms with Gasteiger partial charge in [-0.15, -0.1) is 0 Å². The molecule has 1 saturated heterocycles. The molecule has 1 amide bonds. The number of carbonyl (C=O) groups is 1. The number of nitrogens with one attached hydrogen (secondary N) is 2. The van der Waals surface area contributed by atoms with Crippen LogP contribution in [0.25, 0.3) is 11.3 Å². The Balaban J connectivity index is 1.25. The molecule has 0 aliphatic carbocycles. The van der Waals surface area contributed by atoms with Gasteiger partial charge in [-0.2, -0.15) is 5.10 Å². The Morgan fingerprint density at radius 3 is 2.59 bits per heavy atom. The summed E-state index contributed by atoms with van der Waals surface area (Å²) in [5, 5.41) is 10.4. The molecule has 4 heterocycles. The van der Waals surface area contributed by atoms with Crippen LogP contribution in [0, 0.1) is 13.8 Å². The van der Waals surface area contributed by atoms with Gasteiger partial charge in [-0.3, -0.25) is 14.4 Å². The van der Waals surface area contributed by atoms with Crippen molar-refractivity contribution in [1.29, 1.82) is 0 Å². The summed E-state index contributed by atoms with van der Waals surface area (Å²) in [4.78, 5) is 28.7. The van der Waals surface area contributed by atoms with Crippen molar-refractivity contribution in [2.75, 3.05) is 36.9 Å². The van der Waals surface area contributed by atoms with Crippen LogP contribution in [0.1, 0.15) is 27.0 Å². The van der Waals surface area contributed by atoms with E-state index >= 15 is 0 Å². The normalized spacial score (nSPS) is 13.9. The summed E-state index contributed by atoms with van der Waals surface area (Å²) in [7, 11) is 1.87. The molecular formula is C27H30N8O2. The van der Waals surface area contributed by atoms with Crippen molar-refractivity contribution in [3.8, 4) is 11.3 Å². The number of rotatable bonds is 7. The van der Waals surface area contributed by atoms with Crippen LogP contribution in [-0.4, -0.2) is 61.8 Å². The molecule has 190 valence electrons. The Morgan fingerprint density at radius 1 is 1.03 bits per heavy atom. The second kappa shape index (κ2) is 10.9. The number of morpholine rings is 1. The number of aromatic nitrogens is 5. The monoisotopic (exact) mass is 498 g/mol. The number of pyridine rings is 1. The second-order valence-corrected chi connectivity index (χ2v) is 9.18. The minimum absolute atomic E-state index is 0.212. The number of ether oxygens (including phenoxy) is 1. The Kier molecular flexibility index (Phi) is 7.20. The van der Waals surface area contributed by atoms with E-state index in [1.165, 1.54) is 0 Å².